The molecule has 2 aliphatic rings. The average molecular weight is 337 g/mol. The first-order chi connectivity index (χ1) is 12.3. The largest absolute Gasteiger partial charge is 0.506 e. The number of rotatable bonds is 4. The van der Waals surface area contributed by atoms with Crippen molar-refractivity contribution >= 4 is 11.4 Å². The van der Waals surface area contributed by atoms with Crippen LogP contribution in [0.1, 0.15) is 17.5 Å². The number of fused-ring (bicyclic) bond motifs is 1. The number of hydrogen-bond acceptors (Lipinski definition) is 4. The third kappa shape index (κ3) is 3.59. The summed E-state index contributed by atoms with van der Waals surface area (Å²) in [6.07, 6.45) is 3.29. The molecule has 1 fully saturated rings. The number of nitrogens with one attached hydrogen (secondary N) is 1. The van der Waals surface area contributed by atoms with Crippen molar-refractivity contribution in [2.45, 2.75) is 19.3 Å². The molecule has 2 N–H and O–H groups in total. The van der Waals surface area contributed by atoms with Crippen LogP contribution in [0.5, 0.6) is 5.75 Å². The monoisotopic (exact) mass is 337 g/mol. The van der Waals surface area contributed by atoms with E-state index in [2.05, 4.69) is 51.5 Å². The van der Waals surface area contributed by atoms with Crippen molar-refractivity contribution in [2.75, 3.05) is 49.5 Å². The number of nitrogens with zero attached hydrogens (tertiary/aromatic N) is 2. The fourth-order valence-electron chi connectivity index (χ4n) is 4.02. The Morgan fingerprint density at radius 3 is 2.56 bits per heavy atom. The Kier molecular flexibility index (Phi) is 4.79. The maximum atomic E-state index is 10.1. The van der Waals surface area contributed by atoms with Crippen LogP contribution >= 0.6 is 0 Å². The van der Waals surface area contributed by atoms with Gasteiger partial charge in [-0.1, -0.05) is 24.3 Å². The maximum absolute atomic E-state index is 10.1. The van der Waals surface area contributed by atoms with E-state index in [4.69, 9.17) is 0 Å². The highest BCUT2D eigenvalue weighted by Gasteiger charge is 2.19. The van der Waals surface area contributed by atoms with Gasteiger partial charge in [0.2, 0.25) is 0 Å². The predicted molar refractivity (Wildman–Crippen MR) is 104 cm³/mol. The molecule has 0 atom stereocenters. The number of aromatic hydroxyl groups is 1. The van der Waals surface area contributed by atoms with E-state index >= 15 is 0 Å². The molecule has 0 saturated carbocycles. The van der Waals surface area contributed by atoms with Crippen LogP contribution in [0.3, 0.4) is 0 Å². The summed E-state index contributed by atoms with van der Waals surface area (Å²) in [5.41, 5.74) is 5.03. The van der Waals surface area contributed by atoms with Gasteiger partial charge in [0.05, 0.1) is 5.69 Å². The van der Waals surface area contributed by atoms with Crippen LogP contribution in [0, 0.1) is 0 Å². The normalized spacial score (nSPS) is 17.8. The second kappa shape index (κ2) is 7.36. The molecule has 1 saturated heterocycles. The summed E-state index contributed by atoms with van der Waals surface area (Å²) in [6, 6.07) is 14.7. The second-order valence-corrected chi connectivity index (χ2v) is 7.04. The molecule has 4 nitrogen and oxygen atoms in total. The number of anilines is 2. The van der Waals surface area contributed by atoms with E-state index in [1.54, 1.807) is 0 Å². The van der Waals surface area contributed by atoms with E-state index in [0.717, 1.165) is 64.2 Å². The lowest BCUT2D eigenvalue weighted by molar-refractivity contribution is 0.261. The van der Waals surface area contributed by atoms with E-state index in [-0.39, 0.29) is 0 Å². The molecular weight excluding hydrogens is 310 g/mol. The average Bonchev–Trinajstić information content (AvgIpc) is 2.69. The van der Waals surface area contributed by atoms with Gasteiger partial charge in [-0.2, -0.15) is 0 Å². The highest BCUT2D eigenvalue weighted by molar-refractivity contribution is 5.65. The van der Waals surface area contributed by atoms with Crippen molar-refractivity contribution in [1.29, 1.82) is 0 Å². The summed E-state index contributed by atoms with van der Waals surface area (Å²) < 4.78 is 0. The molecule has 0 radical (unpaired) electrons. The first kappa shape index (κ1) is 16.3. The standard InChI is InChI=1S/C21H27N3O/c25-20-9-8-17(19-7-4-11-22-21(19)20)10-12-23-13-15-24(16-14-23)18-5-2-1-3-6-18/h1-3,5-6,8-9,22,25H,4,7,10-16H2. The lowest BCUT2D eigenvalue weighted by Crippen LogP contribution is -2.47. The Bertz CT molecular complexity index is 709. The molecule has 4 rings (SSSR count). The number of phenolic OH excluding ortho intramolecular Hbond substituents is 1. The van der Waals surface area contributed by atoms with E-state index in [1.165, 1.54) is 16.8 Å². The van der Waals surface area contributed by atoms with Gasteiger partial charge in [0.25, 0.3) is 0 Å². The van der Waals surface area contributed by atoms with Crippen LogP contribution in [-0.2, 0) is 12.8 Å². The third-order valence-corrected chi connectivity index (χ3v) is 5.48. The molecule has 0 unspecified atom stereocenters. The van der Waals surface area contributed by atoms with Crippen LogP contribution in [-0.4, -0.2) is 49.3 Å². The molecular formula is C21H27N3O. The number of phenols is 1. The van der Waals surface area contributed by atoms with Crippen LogP contribution in [0.25, 0.3) is 0 Å². The van der Waals surface area contributed by atoms with E-state index in [0.29, 0.717) is 5.75 Å². The fourth-order valence-corrected chi connectivity index (χ4v) is 4.02. The van der Waals surface area contributed by atoms with Gasteiger partial charge in [-0.3, -0.25) is 4.90 Å². The molecule has 4 heteroatoms. The summed E-state index contributed by atoms with van der Waals surface area (Å²) in [4.78, 5) is 5.04. The fraction of sp³-hybridized carbons (Fsp3) is 0.429. The summed E-state index contributed by atoms with van der Waals surface area (Å²) in [5, 5.41) is 13.4. The zero-order chi connectivity index (χ0) is 17.1. The van der Waals surface area contributed by atoms with Crippen molar-refractivity contribution in [3.05, 3.63) is 53.6 Å². The van der Waals surface area contributed by atoms with Crippen LogP contribution < -0.4 is 10.2 Å². The van der Waals surface area contributed by atoms with Gasteiger partial charge in [0.15, 0.2) is 0 Å². The summed E-state index contributed by atoms with van der Waals surface area (Å²) >= 11 is 0. The molecule has 2 aliphatic heterocycles. The first-order valence-electron chi connectivity index (χ1n) is 9.41. The van der Waals surface area contributed by atoms with Gasteiger partial charge in [0.1, 0.15) is 5.75 Å². The Labute approximate surface area is 150 Å². The number of para-hydroxylation sites is 1. The minimum Gasteiger partial charge on any atom is -0.506 e. The van der Waals surface area contributed by atoms with E-state index < -0.39 is 0 Å². The zero-order valence-electron chi connectivity index (χ0n) is 14.7. The smallest absolute Gasteiger partial charge is 0.138 e. The molecule has 2 aromatic rings. The minimum atomic E-state index is 0.398. The van der Waals surface area contributed by atoms with Crippen molar-refractivity contribution in [3.63, 3.8) is 0 Å². The van der Waals surface area contributed by atoms with Crippen LogP contribution in [0.2, 0.25) is 0 Å². The molecule has 0 bridgehead atoms. The van der Waals surface area contributed by atoms with Gasteiger partial charge >= 0.3 is 0 Å². The molecule has 132 valence electrons. The summed E-state index contributed by atoms with van der Waals surface area (Å²) in [5.74, 6) is 0.398. The quantitative estimate of drug-likeness (QED) is 0.841. The Balaban J connectivity index is 1.34. The maximum Gasteiger partial charge on any atom is 0.138 e. The SMILES string of the molecule is Oc1ccc(CCN2CCN(c3ccccc3)CC2)c2c1NCCC2. The Hall–Kier alpha value is -2.20. The van der Waals surface area contributed by atoms with Gasteiger partial charge in [0, 0.05) is 45.0 Å². The molecule has 2 heterocycles. The topological polar surface area (TPSA) is 38.7 Å². The second-order valence-electron chi connectivity index (χ2n) is 7.04. The van der Waals surface area contributed by atoms with Crippen molar-refractivity contribution in [3.8, 4) is 5.75 Å². The van der Waals surface area contributed by atoms with Gasteiger partial charge in [-0.05, 0) is 48.6 Å². The molecule has 0 aliphatic carbocycles. The highest BCUT2D eigenvalue weighted by atomic mass is 16.3. The summed E-state index contributed by atoms with van der Waals surface area (Å²) in [7, 11) is 0. The van der Waals surface area contributed by atoms with E-state index in [1.807, 2.05) is 6.07 Å². The molecule has 0 amide bonds. The number of benzene rings is 2. The van der Waals surface area contributed by atoms with Gasteiger partial charge < -0.3 is 15.3 Å². The Morgan fingerprint density at radius 2 is 1.76 bits per heavy atom. The summed E-state index contributed by atoms with van der Waals surface area (Å²) in [6.45, 7) is 6.49. The van der Waals surface area contributed by atoms with Crippen LogP contribution in [0.15, 0.2) is 42.5 Å². The molecule has 0 aromatic heterocycles. The van der Waals surface area contributed by atoms with Crippen molar-refractivity contribution < 1.29 is 5.11 Å². The third-order valence-electron chi connectivity index (χ3n) is 5.48. The predicted octanol–water partition coefficient (Wildman–Crippen LogP) is 3.12. The van der Waals surface area contributed by atoms with Gasteiger partial charge in [-0.25, -0.2) is 0 Å². The molecule has 0 spiro atoms. The number of piperazine rings is 1. The number of hydrogen-bond donors (Lipinski definition) is 2. The van der Waals surface area contributed by atoms with Crippen molar-refractivity contribution in [2.24, 2.45) is 0 Å². The lowest BCUT2D eigenvalue weighted by atomic mass is 9.95. The molecule has 2 aromatic carbocycles. The van der Waals surface area contributed by atoms with Crippen LogP contribution in [0.4, 0.5) is 11.4 Å². The first-order valence-corrected chi connectivity index (χ1v) is 9.41. The van der Waals surface area contributed by atoms with Crippen molar-refractivity contribution in [1.82, 2.24) is 4.90 Å². The highest BCUT2D eigenvalue weighted by Crippen LogP contribution is 2.34. The minimum absolute atomic E-state index is 0.398. The zero-order valence-corrected chi connectivity index (χ0v) is 14.7. The van der Waals surface area contributed by atoms with E-state index in [9.17, 15) is 5.11 Å². The lowest BCUT2D eigenvalue weighted by Gasteiger charge is -2.36. The molecule has 25 heavy (non-hydrogen) atoms. The Morgan fingerprint density at radius 1 is 0.960 bits per heavy atom. The van der Waals surface area contributed by atoms with Gasteiger partial charge in [-0.15, -0.1) is 0 Å².